The van der Waals surface area contributed by atoms with Crippen molar-refractivity contribution in [1.29, 1.82) is 0 Å². The monoisotopic (exact) mass is 553 g/mol. The summed E-state index contributed by atoms with van der Waals surface area (Å²) in [6, 6.07) is 12.5. The molecule has 0 amide bonds. The summed E-state index contributed by atoms with van der Waals surface area (Å²) in [5.41, 5.74) is 1.07. The fourth-order valence-electron chi connectivity index (χ4n) is 3.60. The maximum Gasteiger partial charge on any atom is 0.308 e. The molecule has 2 heterocycles. The van der Waals surface area contributed by atoms with Crippen LogP contribution in [0.15, 0.2) is 47.3 Å². The number of carboxylic acid groups (broad SMARTS) is 1. The van der Waals surface area contributed by atoms with Crippen molar-refractivity contribution in [2.75, 3.05) is 13.7 Å². The first kappa shape index (κ1) is 29.3. The molecule has 0 aliphatic heterocycles. The lowest BCUT2D eigenvalue weighted by Gasteiger charge is -2.11. The van der Waals surface area contributed by atoms with Gasteiger partial charge in [0.25, 0.3) is 11.5 Å². The van der Waals surface area contributed by atoms with Crippen molar-refractivity contribution < 1.29 is 28.9 Å². The minimum absolute atomic E-state index is 0.274. The van der Waals surface area contributed by atoms with Gasteiger partial charge in [-0.05, 0) is 42.3 Å². The Morgan fingerprint density at radius 3 is 2.46 bits per heavy atom. The smallest absolute Gasteiger partial charge is 0.308 e. The molecule has 0 aliphatic rings. The highest BCUT2D eigenvalue weighted by molar-refractivity contribution is 7.15. The number of carbonyl (C=O) groups excluding carboxylic acids is 1. The van der Waals surface area contributed by atoms with Gasteiger partial charge in [-0.2, -0.15) is 9.50 Å². The lowest BCUT2D eigenvalue weighted by molar-refractivity contribution is -0.134. The van der Waals surface area contributed by atoms with Crippen LogP contribution in [0.3, 0.4) is 0 Å². The highest BCUT2D eigenvalue weighted by atomic mass is 32.1. The first-order valence-electron chi connectivity index (χ1n) is 12.4. The van der Waals surface area contributed by atoms with E-state index in [9.17, 15) is 9.59 Å². The van der Waals surface area contributed by atoms with Crippen LogP contribution >= 0.6 is 11.3 Å². The van der Waals surface area contributed by atoms with Crippen LogP contribution < -0.4 is 24.3 Å². The van der Waals surface area contributed by atoms with Crippen LogP contribution in [0.25, 0.3) is 22.4 Å². The number of unbranched alkanes of at least 4 members (excludes halogenated alkanes) is 3. The highest BCUT2D eigenvalue weighted by Crippen LogP contribution is 2.29. The minimum atomic E-state index is -0.833. The zero-order chi connectivity index (χ0) is 28.4. The third-order valence-corrected chi connectivity index (χ3v) is 6.26. The van der Waals surface area contributed by atoms with Crippen molar-refractivity contribution in [2.24, 2.45) is 0 Å². The van der Waals surface area contributed by atoms with Gasteiger partial charge in [0.2, 0.25) is 4.96 Å². The molecule has 0 spiro atoms. The first-order valence-corrected chi connectivity index (χ1v) is 13.2. The molecule has 0 saturated carbocycles. The number of aliphatic carboxylic acids is 1. The number of nitrogens with zero attached hydrogens (tertiary/aromatic N) is 3. The van der Waals surface area contributed by atoms with Gasteiger partial charge in [-0.1, -0.05) is 55.7 Å². The molecule has 2 aromatic heterocycles. The quantitative estimate of drug-likeness (QED) is 0.173. The number of aromatic nitrogens is 3. The number of hydrogen-bond donors (Lipinski definition) is 1. The van der Waals surface area contributed by atoms with Gasteiger partial charge in [0.05, 0.1) is 23.8 Å². The molecule has 11 heteroatoms. The maximum absolute atomic E-state index is 13.0. The number of fused-ring (bicyclic) bond motifs is 1. The van der Waals surface area contributed by atoms with E-state index in [-0.39, 0.29) is 5.56 Å². The largest absolute Gasteiger partial charge is 0.493 e. The summed E-state index contributed by atoms with van der Waals surface area (Å²) < 4.78 is 18.4. The van der Waals surface area contributed by atoms with Gasteiger partial charge in [-0.25, -0.2) is 0 Å². The Hall–Kier alpha value is -4.25. The van der Waals surface area contributed by atoms with E-state index < -0.39 is 11.9 Å². The summed E-state index contributed by atoms with van der Waals surface area (Å²) in [7, 11) is 1.60. The third-order valence-electron chi connectivity index (χ3n) is 5.30. The molecule has 0 fully saturated rings. The fourth-order valence-corrected chi connectivity index (χ4v) is 4.51. The number of carboxylic acids is 1. The summed E-state index contributed by atoms with van der Waals surface area (Å²) in [4.78, 5) is 38.3. The molecule has 10 nitrogen and oxygen atoms in total. The van der Waals surface area contributed by atoms with Gasteiger partial charge in [-0.3, -0.25) is 14.4 Å². The van der Waals surface area contributed by atoms with Crippen molar-refractivity contribution in [2.45, 2.75) is 46.5 Å². The van der Waals surface area contributed by atoms with Gasteiger partial charge in [0.1, 0.15) is 5.75 Å². The number of benzene rings is 2. The van der Waals surface area contributed by atoms with Gasteiger partial charge >= 0.3 is 5.97 Å². The molecule has 1 N–H and O–H groups in total. The van der Waals surface area contributed by atoms with Crippen LogP contribution in [0, 0.1) is 0 Å². The summed E-state index contributed by atoms with van der Waals surface area (Å²) in [5.74, 6) is 0.687. The normalized spacial score (nSPS) is 11.1. The molecule has 39 heavy (non-hydrogen) atoms. The second-order valence-electron chi connectivity index (χ2n) is 8.47. The second kappa shape index (κ2) is 14.1. The Balaban J connectivity index is 0.000000983. The zero-order valence-electron chi connectivity index (χ0n) is 22.3. The molecule has 0 radical (unpaired) electrons. The molecule has 0 bridgehead atoms. The zero-order valence-corrected chi connectivity index (χ0v) is 23.1. The molecule has 2 aromatic carbocycles. The van der Waals surface area contributed by atoms with Crippen LogP contribution in [0.2, 0.25) is 0 Å². The first-order chi connectivity index (χ1) is 18.7. The standard InChI is InChI=1S/C26H27N3O5S.C2H4O2/c1-4-5-6-9-14-33-21-13-12-18(15-22(21)32-3)16-23-25(31)29-26(35-23)27-24(28-29)19-10-7-8-11-20(19)34-17(2)30;1-2(3)4/h7-8,10-13,15-16H,4-6,9,14H2,1-3H3;1H3,(H,3,4)/b23-16-;. The van der Waals surface area contributed by atoms with E-state index >= 15 is 0 Å². The van der Waals surface area contributed by atoms with Gasteiger partial charge in [0, 0.05) is 13.8 Å². The Bertz CT molecular complexity index is 1540. The van der Waals surface area contributed by atoms with E-state index in [1.54, 1.807) is 37.5 Å². The Morgan fingerprint density at radius 1 is 1.05 bits per heavy atom. The van der Waals surface area contributed by atoms with Crippen LogP contribution in [0.4, 0.5) is 0 Å². The number of methoxy groups -OCH3 is 1. The lowest BCUT2D eigenvalue weighted by Crippen LogP contribution is -2.23. The highest BCUT2D eigenvalue weighted by Gasteiger charge is 2.16. The van der Waals surface area contributed by atoms with Crippen molar-refractivity contribution in [1.82, 2.24) is 14.6 Å². The van der Waals surface area contributed by atoms with E-state index in [1.807, 2.05) is 18.2 Å². The van der Waals surface area contributed by atoms with E-state index in [4.69, 9.17) is 24.1 Å². The molecule has 0 saturated heterocycles. The number of thiazole rings is 1. The maximum atomic E-state index is 13.0. The van der Waals surface area contributed by atoms with E-state index in [0.29, 0.717) is 44.7 Å². The Labute approximate surface area is 229 Å². The predicted molar refractivity (Wildman–Crippen MR) is 149 cm³/mol. The predicted octanol–water partition coefficient (Wildman–Crippen LogP) is 4.35. The second-order valence-corrected chi connectivity index (χ2v) is 9.48. The van der Waals surface area contributed by atoms with Crippen LogP contribution in [0.1, 0.15) is 52.0 Å². The van der Waals surface area contributed by atoms with Crippen LogP contribution in [-0.2, 0) is 9.59 Å². The van der Waals surface area contributed by atoms with Crippen LogP contribution in [-0.4, -0.2) is 45.4 Å². The average molecular weight is 554 g/mol. The SMILES string of the molecule is CC(=O)O.CCCCCCOc1ccc(/C=c2\sc3nc(-c4ccccc4OC(C)=O)nn3c2=O)cc1OC. The van der Waals surface area contributed by atoms with Crippen molar-refractivity contribution in [3.8, 4) is 28.6 Å². The van der Waals surface area contributed by atoms with E-state index in [1.165, 1.54) is 35.6 Å². The topological polar surface area (TPSA) is 129 Å². The minimum Gasteiger partial charge on any atom is -0.493 e. The number of esters is 1. The summed E-state index contributed by atoms with van der Waals surface area (Å²) in [5, 5.41) is 11.8. The van der Waals surface area contributed by atoms with E-state index in [2.05, 4.69) is 17.0 Å². The number of hydrogen-bond acceptors (Lipinski definition) is 9. The fraction of sp³-hybridized carbons (Fsp3) is 0.321. The molecule has 4 rings (SSSR count). The summed E-state index contributed by atoms with van der Waals surface area (Å²) in [6.45, 7) is 5.23. The Kier molecular flexibility index (Phi) is 10.6. The number of para-hydroxylation sites is 1. The van der Waals surface area contributed by atoms with Crippen molar-refractivity contribution in [3.05, 3.63) is 62.9 Å². The molecule has 206 valence electrons. The van der Waals surface area contributed by atoms with Crippen molar-refractivity contribution >= 4 is 34.3 Å². The van der Waals surface area contributed by atoms with Crippen LogP contribution in [0.5, 0.6) is 17.2 Å². The van der Waals surface area contributed by atoms with Gasteiger partial charge in [-0.15, -0.1) is 5.10 Å². The number of ether oxygens (including phenoxy) is 3. The Morgan fingerprint density at radius 2 is 1.79 bits per heavy atom. The number of rotatable bonds is 10. The average Bonchev–Trinajstić information content (AvgIpc) is 3.43. The molecule has 0 aliphatic carbocycles. The summed E-state index contributed by atoms with van der Waals surface area (Å²) in [6.07, 6.45) is 6.30. The van der Waals surface area contributed by atoms with Crippen molar-refractivity contribution in [3.63, 3.8) is 0 Å². The molecule has 0 unspecified atom stereocenters. The van der Waals surface area contributed by atoms with Gasteiger partial charge in [0.15, 0.2) is 17.3 Å². The molecular formula is C28H31N3O7S. The molecule has 4 aromatic rings. The third kappa shape index (κ3) is 8.11. The number of carbonyl (C=O) groups is 2. The summed E-state index contributed by atoms with van der Waals surface area (Å²) >= 11 is 1.23. The lowest BCUT2D eigenvalue weighted by atomic mass is 10.2. The van der Waals surface area contributed by atoms with Gasteiger partial charge < -0.3 is 19.3 Å². The van der Waals surface area contributed by atoms with E-state index in [0.717, 1.165) is 25.3 Å². The molecule has 0 atom stereocenters. The molecular weight excluding hydrogens is 522 g/mol.